The molecule has 1 aliphatic heterocycles. The van der Waals surface area contributed by atoms with Crippen molar-refractivity contribution >= 4 is 17.7 Å². The van der Waals surface area contributed by atoms with Gasteiger partial charge < -0.3 is 10.1 Å². The third-order valence-electron chi connectivity index (χ3n) is 2.60. The highest BCUT2D eigenvalue weighted by atomic mass is 32.2. The molecule has 4 heteroatoms. The highest BCUT2D eigenvalue weighted by molar-refractivity contribution is 7.99. The average molecular weight is 237 g/mol. The van der Waals surface area contributed by atoms with Gasteiger partial charge in [0.25, 0.3) is 0 Å². The van der Waals surface area contributed by atoms with Gasteiger partial charge in [0.1, 0.15) is 5.75 Å². The molecule has 1 N–H and O–H groups in total. The van der Waals surface area contributed by atoms with E-state index in [1.54, 1.807) is 18.9 Å². The van der Waals surface area contributed by atoms with Crippen molar-refractivity contribution in [2.45, 2.75) is 23.8 Å². The van der Waals surface area contributed by atoms with Gasteiger partial charge in [-0.15, -0.1) is 11.8 Å². The first kappa shape index (κ1) is 11.3. The summed E-state index contributed by atoms with van der Waals surface area (Å²) in [5, 5.41) is 2.96. The van der Waals surface area contributed by atoms with Gasteiger partial charge in [0.15, 0.2) is 0 Å². The van der Waals surface area contributed by atoms with Crippen LogP contribution in [0.4, 0.5) is 0 Å². The Morgan fingerprint density at radius 3 is 2.75 bits per heavy atom. The number of rotatable bonds is 4. The van der Waals surface area contributed by atoms with Crippen molar-refractivity contribution in [1.82, 2.24) is 5.32 Å². The Labute approximate surface area is 99.6 Å². The van der Waals surface area contributed by atoms with Crippen molar-refractivity contribution in [1.29, 1.82) is 0 Å². The van der Waals surface area contributed by atoms with Crippen LogP contribution in [-0.4, -0.2) is 24.8 Å². The van der Waals surface area contributed by atoms with Crippen LogP contribution in [0.5, 0.6) is 5.75 Å². The van der Waals surface area contributed by atoms with E-state index in [0.29, 0.717) is 12.5 Å². The maximum atomic E-state index is 11.0. The molecule has 1 fully saturated rings. The molecular formula is C12H15NO2S. The largest absolute Gasteiger partial charge is 0.497 e. The minimum Gasteiger partial charge on any atom is -0.497 e. The SMILES string of the molecule is COc1ccc(SCC2CCC(=O)N2)cc1. The van der Waals surface area contributed by atoms with Crippen LogP contribution >= 0.6 is 11.8 Å². The third-order valence-corrected chi connectivity index (χ3v) is 3.77. The van der Waals surface area contributed by atoms with Crippen LogP contribution in [0.15, 0.2) is 29.2 Å². The fraction of sp³-hybridized carbons (Fsp3) is 0.417. The number of hydrogen-bond acceptors (Lipinski definition) is 3. The quantitative estimate of drug-likeness (QED) is 0.815. The first-order valence-corrected chi connectivity index (χ1v) is 6.32. The zero-order chi connectivity index (χ0) is 11.4. The lowest BCUT2D eigenvalue weighted by atomic mass is 10.2. The van der Waals surface area contributed by atoms with Gasteiger partial charge in [-0.05, 0) is 30.7 Å². The molecule has 1 amide bonds. The maximum Gasteiger partial charge on any atom is 0.220 e. The molecule has 0 aromatic heterocycles. The van der Waals surface area contributed by atoms with E-state index in [0.717, 1.165) is 17.9 Å². The van der Waals surface area contributed by atoms with Crippen molar-refractivity contribution in [2.75, 3.05) is 12.9 Å². The van der Waals surface area contributed by atoms with Crippen LogP contribution in [0.3, 0.4) is 0 Å². The molecule has 0 spiro atoms. The van der Waals surface area contributed by atoms with E-state index in [-0.39, 0.29) is 5.91 Å². The van der Waals surface area contributed by atoms with Crippen LogP contribution in [0.25, 0.3) is 0 Å². The van der Waals surface area contributed by atoms with Crippen LogP contribution in [0.1, 0.15) is 12.8 Å². The smallest absolute Gasteiger partial charge is 0.220 e. The summed E-state index contributed by atoms with van der Waals surface area (Å²) in [5.41, 5.74) is 0. The molecule has 1 aliphatic rings. The number of carbonyl (C=O) groups is 1. The molecule has 1 saturated heterocycles. The van der Waals surface area contributed by atoms with Gasteiger partial charge in [-0.2, -0.15) is 0 Å². The predicted octanol–water partition coefficient (Wildman–Crippen LogP) is 2.07. The Morgan fingerprint density at radius 1 is 1.44 bits per heavy atom. The second-order valence-electron chi connectivity index (χ2n) is 3.79. The van der Waals surface area contributed by atoms with Gasteiger partial charge in [-0.25, -0.2) is 0 Å². The van der Waals surface area contributed by atoms with Crippen LogP contribution < -0.4 is 10.1 Å². The number of ether oxygens (including phenoxy) is 1. The van der Waals surface area contributed by atoms with Crippen LogP contribution in [0, 0.1) is 0 Å². The van der Waals surface area contributed by atoms with Gasteiger partial charge in [0.05, 0.1) is 7.11 Å². The summed E-state index contributed by atoms with van der Waals surface area (Å²) in [4.78, 5) is 12.2. The minimum absolute atomic E-state index is 0.181. The van der Waals surface area contributed by atoms with E-state index in [1.165, 1.54) is 4.90 Å². The Morgan fingerprint density at radius 2 is 2.19 bits per heavy atom. The summed E-state index contributed by atoms with van der Waals surface area (Å²) >= 11 is 1.77. The Kier molecular flexibility index (Phi) is 3.72. The lowest BCUT2D eigenvalue weighted by Crippen LogP contribution is -2.27. The van der Waals surface area contributed by atoms with Crippen molar-refractivity contribution < 1.29 is 9.53 Å². The minimum atomic E-state index is 0.181. The highest BCUT2D eigenvalue weighted by Crippen LogP contribution is 2.23. The number of methoxy groups -OCH3 is 1. The summed E-state index contributed by atoms with van der Waals surface area (Å²) in [6.07, 6.45) is 1.63. The van der Waals surface area contributed by atoms with Gasteiger partial charge in [-0.3, -0.25) is 4.79 Å². The molecule has 16 heavy (non-hydrogen) atoms. The molecule has 0 bridgehead atoms. The summed E-state index contributed by atoms with van der Waals surface area (Å²) in [5.74, 6) is 2.00. The average Bonchev–Trinajstić information content (AvgIpc) is 2.73. The number of benzene rings is 1. The molecule has 1 atom stereocenters. The van der Waals surface area contributed by atoms with Gasteiger partial charge >= 0.3 is 0 Å². The molecule has 1 heterocycles. The second kappa shape index (κ2) is 5.25. The predicted molar refractivity (Wildman–Crippen MR) is 64.9 cm³/mol. The van der Waals surface area contributed by atoms with E-state index >= 15 is 0 Å². The van der Waals surface area contributed by atoms with Gasteiger partial charge in [0.2, 0.25) is 5.91 Å². The van der Waals surface area contributed by atoms with E-state index in [2.05, 4.69) is 5.32 Å². The molecular weight excluding hydrogens is 222 g/mol. The lowest BCUT2D eigenvalue weighted by molar-refractivity contribution is -0.119. The molecule has 0 saturated carbocycles. The van der Waals surface area contributed by atoms with E-state index in [1.807, 2.05) is 24.3 Å². The fourth-order valence-corrected chi connectivity index (χ4v) is 2.64. The number of nitrogens with one attached hydrogen (secondary N) is 1. The zero-order valence-corrected chi connectivity index (χ0v) is 10.0. The summed E-state index contributed by atoms with van der Waals surface area (Å²) in [7, 11) is 1.66. The number of carbonyl (C=O) groups excluding carboxylic acids is 1. The zero-order valence-electron chi connectivity index (χ0n) is 9.23. The highest BCUT2D eigenvalue weighted by Gasteiger charge is 2.20. The molecule has 3 nitrogen and oxygen atoms in total. The molecule has 2 rings (SSSR count). The second-order valence-corrected chi connectivity index (χ2v) is 4.88. The van der Waals surface area contributed by atoms with Crippen LogP contribution in [-0.2, 0) is 4.79 Å². The Hall–Kier alpha value is -1.16. The standard InChI is InChI=1S/C12H15NO2S/c1-15-10-3-5-11(6-4-10)16-8-9-2-7-12(14)13-9/h3-6,9H,2,7-8H2,1H3,(H,13,14). The molecule has 0 aliphatic carbocycles. The van der Waals surface area contributed by atoms with Gasteiger partial charge in [0, 0.05) is 23.1 Å². The monoisotopic (exact) mass is 237 g/mol. The number of hydrogen-bond donors (Lipinski definition) is 1. The Bertz CT molecular complexity index is 364. The maximum absolute atomic E-state index is 11.0. The van der Waals surface area contributed by atoms with Crippen molar-refractivity contribution in [3.8, 4) is 5.75 Å². The lowest BCUT2D eigenvalue weighted by Gasteiger charge is -2.09. The topological polar surface area (TPSA) is 38.3 Å². The molecule has 1 aromatic carbocycles. The summed E-state index contributed by atoms with van der Waals surface area (Å²) < 4.78 is 5.09. The van der Waals surface area contributed by atoms with E-state index in [9.17, 15) is 4.79 Å². The summed E-state index contributed by atoms with van der Waals surface area (Å²) in [6, 6.07) is 8.32. The van der Waals surface area contributed by atoms with E-state index < -0.39 is 0 Å². The van der Waals surface area contributed by atoms with Gasteiger partial charge in [-0.1, -0.05) is 0 Å². The van der Waals surface area contributed by atoms with Crippen molar-refractivity contribution in [2.24, 2.45) is 0 Å². The molecule has 1 unspecified atom stereocenters. The summed E-state index contributed by atoms with van der Waals surface area (Å²) in [6.45, 7) is 0. The van der Waals surface area contributed by atoms with Crippen LogP contribution in [0.2, 0.25) is 0 Å². The molecule has 0 radical (unpaired) electrons. The molecule has 86 valence electrons. The van der Waals surface area contributed by atoms with Crippen molar-refractivity contribution in [3.63, 3.8) is 0 Å². The molecule has 1 aromatic rings. The fourth-order valence-electron chi connectivity index (χ4n) is 1.67. The number of thioether (sulfide) groups is 1. The number of amides is 1. The van der Waals surface area contributed by atoms with Crippen molar-refractivity contribution in [3.05, 3.63) is 24.3 Å². The Balaban J connectivity index is 1.82. The normalized spacial score (nSPS) is 19.6. The first-order valence-electron chi connectivity index (χ1n) is 5.34. The van der Waals surface area contributed by atoms with E-state index in [4.69, 9.17) is 4.74 Å². The first-order chi connectivity index (χ1) is 7.78. The third kappa shape index (κ3) is 2.92.